The van der Waals surface area contributed by atoms with Crippen LogP contribution in [0.25, 0.3) is 0 Å². The summed E-state index contributed by atoms with van der Waals surface area (Å²) >= 11 is 1.83. The molecule has 0 unspecified atom stereocenters. The van der Waals surface area contributed by atoms with Crippen LogP contribution >= 0.6 is 22.6 Å². The van der Waals surface area contributed by atoms with Gasteiger partial charge in [-0.25, -0.2) is 0 Å². The molecule has 72 valence electrons. The van der Waals surface area contributed by atoms with E-state index in [1.165, 1.54) is 6.07 Å². The van der Waals surface area contributed by atoms with Crippen LogP contribution in [0.3, 0.4) is 0 Å². The number of halogens is 1. The van der Waals surface area contributed by atoms with Crippen LogP contribution in [0.5, 0.6) is 0 Å². The summed E-state index contributed by atoms with van der Waals surface area (Å²) in [6.45, 7) is 0.229. The third-order valence-electron chi connectivity index (χ3n) is 2.04. The highest BCUT2D eigenvalue weighted by molar-refractivity contribution is 14.1. The van der Waals surface area contributed by atoms with Crippen LogP contribution in [0.4, 0.5) is 11.4 Å². The van der Waals surface area contributed by atoms with Crippen molar-refractivity contribution in [1.29, 1.82) is 0 Å². The predicted octanol–water partition coefficient (Wildman–Crippen LogP) is 1.81. The van der Waals surface area contributed by atoms with Gasteiger partial charge in [0.15, 0.2) is 5.78 Å². The summed E-state index contributed by atoms with van der Waals surface area (Å²) in [4.78, 5) is 21.5. The van der Waals surface area contributed by atoms with E-state index in [-0.39, 0.29) is 18.0 Å². The van der Waals surface area contributed by atoms with E-state index in [0.717, 1.165) is 0 Å². The van der Waals surface area contributed by atoms with Crippen LogP contribution < -0.4 is 5.32 Å². The smallest absolute Gasteiger partial charge is 0.283 e. The number of carbonyl (C=O) groups excluding carboxylic acids is 1. The first-order valence-corrected chi connectivity index (χ1v) is 4.93. The second-order valence-electron chi connectivity index (χ2n) is 2.86. The fraction of sp³-hybridized carbons (Fsp3) is 0.125. The van der Waals surface area contributed by atoms with Crippen LogP contribution in [0.1, 0.15) is 10.4 Å². The maximum Gasteiger partial charge on any atom is 0.283 e. The number of anilines is 1. The van der Waals surface area contributed by atoms with Gasteiger partial charge in [-0.1, -0.05) is 0 Å². The molecule has 1 aromatic rings. The maximum absolute atomic E-state index is 11.4. The van der Waals surface area contributed by atoms with Gasteiger partial charge in [0.1, 0.15) is 3.57 Å². The zero-order valence-corrected chi connectivity index (χ0v) is 9.07. The van der Waals surface area contributed by atoms with Crippen LogP contribution in [0.2, 0.25) is 0 Å². The lowest BCUT2D eigenvalue weighted by Gasteiger charge is -2.00. The summed E-state index contributed by atoms with van der Waals surface area (Å²) in [7, 11) is 0. The van der Waals surface area contributed by atoms with Crippen molar-refractivity contribution in [2.75, 3.05) is 11.9 Å². The lowest BCUT2D eigenvalue weighted by molar-refractivity contribution is -0.385. The van der Waals surface area contributed by atoms with Gasteiger partial charge in [0.05, 0.1) is 17.0 Å². The van der Waals surface area contributed by atoms with Gasteiger partial charge in [-0.3, -0.25) is 14.9 Å². The predicted molar refractivity (Wildman–Crippen MR) is 58.6 cm³/mol. The molecule has 5 nitrogen and oxygen atoms in total. The average molecular weight is 304 g/mol. The molecule has 1 aromatic carbocycles. The summed E-state index contributed by atoms with van der Waals surface area (Å²) in [6.07, 6.45) is 0. The number of carbonyl (C=O) groups is 1. The lowest BCUT2D eigenvalue weighted by Crippen LogP contribution is -2.02. The number of hydrogen-bond acceptors (Lipinski definition) is 4. The van der Waals surface area contributed by atoms with Gasteiger partial charge in [-0.15, -0.1) is 0 Å². The summed E-state index contributed by atoms with van der Waals surface area (Å²) in [5.74, 6) is -0.0897. The van der Waals surface area contributed by atoms with Crippen LogP contribution in [-0.4, -0.2) is 17.3 Å². The molecule has 0 fully saturated rings. The Labute approximate surface area is 92.8 Å². The topological polar surface area (TPSA) is 72.2 Å². The van der Waals surface area contributed by atoms with Crippen molar-refractivity contribution >= 4 is 39.7 Å². The Morgan fingerprint density at radius 1 is 1.50 bits per heavy atom. The van der Waals surface area contributed by atoms with Crippen molar-refractivity contribution in [2.45, 2.75) is 0 Å². The first-order valence-electron chi connectivity index (χ1n) is 3.85. The minimum absolute atomic E-state index is 0.0126. The molecule has 0 amide bonds. The fourth-order valence-electron chi connectivity index (χ4n) is 1.39. The van der Waals surface area contributed by atoms with Gasteiger partial charge in [-0.05, 0) is 28.7 Å². The molecular weight excluding hydrogens is 299 g/mol. The molecule has 1 heterocycles. The van der Waals surface area contributed by atoms with Crippen molar-refractivity contribution in [1.82, 2.24) is 0 Å². The summed E-state index contributed by atoms with van der Waals surface area (Å²) in [5.41, 5.74) is 1.12. The molecule has 0 saturated carbocycles. The van der Waals surface area contributed by atoms with Crippen LogP contribution in [0.15, 0.2) is 12.1 Å². The number of nitro benzene ring substituents is 1. The van der Waals surface area contributed by atoms with Crippen molar-refractivity contribution in [3.05, 3.63) is 31.4 Å². The molecular formula is C8H5IN2O3. The number of hydrogen-bond donors (Lipinski definition) is 1. The van der Waals surface area contributed by atoms with E-state index in [1.807, 2.05) is 22.6 Å². The molecule has 1 aliphatic rings. The molecule has 0 atom stereocenters. The zero-order chi connectivity index (χ0) is 10.3. The third-order valence-corrected chi connectivity index (χ3v) is 3.13. The van der Waals surface area contributed by atoms with E-state index in [9.17, 15) is 14.9 Å². The van der Waals surface area contributed by atoms with Gasteiger partial charge in [-0.2, -0.15) is 0 Å². The number of ketones is 1. The molecule has 0 aliphatic carbocycles. The fourth-order valence-corrected chi connectivity index (χ4v) is 2.36. The van der Waals surface area contributed by atoms with Gasteiger partial charge < -0.3 is 5.32 Å². The molecule has 2 rings (SSSR count). The summed E-state index contributed by atoms with van der Waals surface area (Å²) < 4.78 is 0.417. The highest BCUT2D eigenvalue weighted by atomic mass is 127. The second-order valence-corrected chi connectivity index (χ2v) is 3.93. The van der Waals surface area contributed by atoms with Gasteiger partial charge in [0.2, 0.25) is 0 Å². The molecule has 0 spiro atoms. The number of Topliss-reactive ketones (excluding diaryl/α,β-unsaturated/α-hetero) is 1. The minimum atomic E-state index is -0.479. The van der Waals surface area contributed by atoms with Gasteiger partial charge >= 0.3 is 0 Å². The molecule has 1 aliphatic heterocycles. The molecule has 0 aromatic heterocycles. The standard InChI is InChI=1S/C8H5IN2O3/c9-8-5(11(13)14)2-1-4-7(8)6(12)3-10-4/h1-2,10H,3H2. The Balaban J connectivity index is 2.67. The number of fused-ring (bicyclic) bond motifs is 1. The number of nitrogens with zero attached hydrogens (tertiary/aromatic N) is 1. The van der Waals surface area contributed by atoms with Gasteiger partial charge in [0.25, 0.3) is 5.69 Å². The first kappa shape index (κ1) is 9.38. The number of rotatable bonds is 1. The number of nitrogens with one attached hydrogen (secondary N) is 1. The highest BCUT2D eigenvalue weighted by Crippen LogP contribution is 2.33. The number of nitro groups is 1. The quantitative estimate of drug-likeness (QED) is 0.488. The van der Waals surface area contributed by atoms with Crippen molar-refractivity contribution in [3.63, 3.8) is 0 Å². The Morgan fingerprint density at radius 2 is 2.21 bits per heavy atom. The Bertz CT molecular complexity index is 444. The van der Waals surface area contributed by atoms with Gasteiger partial charge in [0, 0.05) is 11.8 Å². The molecule has 1 N–H and O–H groups in total. The van der Waals surface area contributed by atoms with Crippen LogP contribution in [-0.2, 0) is 0 Å². The van der Waals surface area contributed by atoms with E-state index in [4.69, 9.17) is 0 Å². The maximum atomic E-state index is 11.4. The van der Waals surface area contributed by atoms with E-state index in [0.29, 0.717) is 14.8 Å². The second kappa shape index (κ2) is 3.19. The Hall–Kier alpha value is -1.18. The minimum Gasteiger partial charge on any atom is -0.377 e. The van der Waals surface area contributed by atoms with E-state index in [1.54, 1.807) is 6.07 Å². The lowest BCUT2D eigenvalue weighted by atomic mass is 10.1. The third kappa shape index (κ3) is 1.26. The van der Waals surface area contributed by atoms with E-state index >= 15 is 0 Å². The zero-order valence-electron chi connectivity index (χ0n) is 6.91. The van der Waals surface area contributed by atoms with Crippen LogP contribution in [0, 0.1) is 13.7 Å². The van der Waals surface area contributed by atoms with E-state index < -0.39 is 4.92 Å². The van der Waals surface area contributed by atoms with Crippen molar-refractivity contribution in [3.8, 4) is 0 Å². The molecule has 14 heavy (non-hydrogen) atoms. The highest BCUT2D eigenvalue weighted by Gasteiger charge is 2.27. The number of benzene rings is 1. The molecule has 0 radical (unpaired) electrons. The SMILES string of the molecule is O=C1CNc2ccc([N+](=O)[O-])c(I)c21. The normalized spacial score (nSPS) is 13.6. The average Bonchev–Trinajstić information content (AvgIpc) is 2.48. The Morgan fingerprint density at radius 3 is 2.86 bits per heavy atom. The molecule has 0 saturated heterocycles. The summed E-state index contributed by atoms with van der Waals surface area (Å²) in [6, 6.07) is 2.98. The first-order chi connectivity index (χ1) is 6.61. The van der Waals surface area contributed by atoms with Crippen molar-refractivity contribution < 1.29 is 9.72 Å². The summed E-state index contributed by atoms with van der Waals surface area (Å²) in [5, 5.41) is 13.5. The van der Waals surface area contributed by atoms with Crippen molar-refractivity contribution in [2.24, 2.45) is 0 Å². The molecule has 0 bridgehead atoms. The monoisotopic (exact) mass is 304 g/mol. The largest absolute Gasteiger partial charge is 0.377 e. The van der Waals surface area contributed by atoms with E-state index in [2.05, 4.69) is 5.32 Å². The Kier molecular flexibility index (Phi) is 2.14. The molecule has 6 heteroatoms.